The summed E-state index contributed by atoms with van der Waals surface area (Å²) < 4.78 is 10.9. The van der Waals surface area contributed by atoms with E-state index in [1.807, 2.05) is 18.3 Å². The highest BCUT2D eigenvalue weighted by molar-refractivity contribution is 5.57. The lowest BCUT2D eigenvalue weighted by Gasteiger charge is -2.40. The molecule has 132 valence electrons. The fourth-order valence-corrected chi connectivity index (χ4v) is 3.76. The molecule has 0 saturated carbocycles. The van der Waals surface area contributed by atoms with Crippen LogP contribution in [-0.2, 0) is 0 Å². The summed E-state index contributed by atoms with van der Waals surface area (Å²) in [6.07, 6.45) is 4.19. The number of benzene rings is 1. The van der Waals surface area contributed by atoms with E-state index in [9.17, 15) is 0 Å². The summed E-state index contributed by atoms with van der Waals surface area (Å²) in [5, 5.41) is 0. The van der Waals surface area contributed by atoms with E-state index >= 15 is 0 Å². The van der Waals surface area contributed by atoms with Crippen LogP contribution < -0.4 is 14.4 Å². The lowest BCUT2D eigenvalue weighted by molar-refractivity contribution is 0.156. The molecule has 0 aliphatic carbocycles. The Morgan fingerprint density at radius 1 is 1.12 bits per heavy atom. The first-order valence-corrected chi connectivity index (χ1v) is 9.00. The summed E-state index contributed by atoms with van der Waals surface area (Å²) in [7, 11) is 2.22. The Morgan fingerprint density at radius 2 is 1.92 bits per heavy atom. The summed E-state index contributed by atoms with van der Waals surface area (Å²) in [5.41, 5.74) is 2.37. The number of anilines is 1. The first-order chi connectivity index (χ1) is 12.2. The molecule has 3 heterocycles. The van der Waals surface area contributed by atoms with E-state index in [4.69, 9.17) is 9.47 Å². The maximum atomic E-state index is 5.51. The largest absolute Gasteiger partial charge is 0.454 e. The minimum Gasteiger partial charge on any atom is -0.454 e. The van der Waals surface area contributed by atoms with Gasteiger partial charge in [0.2, 0.25) is 6.79 Å². The molecule has 1 saturated heterocycles. The monoisotopic (exact) mass is 339 g/mol. The van der Waals surface area contributed by atoms with Crippen molar-refractivity contribution in [2.45, 2.75) is 31.8 Å². The minimum absolute atomic E-state index is 0.330. The van der Waals surface area contributed by atoms with Crippen molar-refractivity contribution in [2.75, 3.05) is 31.8 Å². The van der Waals surface area contributed by atoms with Gasteiger partial charge in [0.1, 0.15) is 0 Å². The van der Waals surface area contributed by atoms with Gasteiger partial charge in [0.05, 0.1) is 5.69 Å². The van der Waals surface area contributed by atoms with Gasteiger partial charge < -0.3 is 14.4 Å². The molecular formula is C20H25N3O2. The highest BCUT2D eigenvalue weighted by atomic mass is 16.7. The summed E-state index contributed by atoms with van der Waals surface area (Å²) in [5.74, 6) is 1.71. The lowest BCUT2D eigenvalue weighted by atomic mass is 10.0. The predicted octanol–water partition coefficient (Wildman–Crippen LogP) is 3.47. The molecule has 1 atom stereocenters. The Balaban J connectivity index is 1.38. The van der Waals surface area contributed by atoms with Gasteiger partial charge in [-0.1, -0.05) is 6.07 Å². The Kier molecular flexibility index (Phi) is 4.49. The third kappa shape index (κ3) is 3.29. The number of nitrogens with zero attached hydrogens (tertiary/aromatic N) is 3. The van der Waals surface area contributed by atoms with E-state index in [0.29, 0.717) is 18.9 Å². The second-order valence-corrected chi connectivity index (χ2v) is 6.85. The lowest BCUT2D eigenvalue weighted by Crippen LogP contribution is -2.44. The van der Waals surface area contributed by atoms with Gasteiger partial charge in [-0.05, 0) is 51.1 Å². The zero-order chi connectivity index (χ0) is 17.2. The van der Waals surface area contributed by atoms with Gasteiger partial charge in [-0.2, -0.15) is 0 Å². The second-order valence-electron chi connectivity index (χ2n) is 6.85. The number of pyridine rings is 1. The van der Waals surface area contributed by atoms with Crippen LogP contribution in [0.3, 0.4) is 0 Å². The molecular weight excluding hydrogens is 314 g/mol. The highest BCUT2D eigenvalue weighted by Gasteiger charge is 2.27. The van der Waals surface area contributed by atoms with Crippen LogP contribution >= 0.6 is 0 Å². The molecule has 2 aliphatic heterocycles. The fraction of sp³-hybridized carbons (Fsp3) is 0.450. The Labute approximate surface area is 149 Å². The summed E-state index contributed by atoms with van der Waals surface area (Å²) in [6, 6.07) is 13.3. The molecule has 0 bridgehead atoms. The van der Waals surface area contributed by atoms with Crippen molar-refractivity contribution in [1.82, 2.24) is 9.88 Å². The first kappa shape index (κ1) is 16.2. The van der Waals surface area contributed by atoms with Gasteiger partial charge in [0, 0.05) is 43.1 Å². The highest BCUT2D eigenvalue weighted by Crippen LogP contribution is 2.36. The zero-order valence-electron chi connectivity index (χ0n) is 14.9. The Bertz CT molecular complexity index is 714. The third-order valence-corrected chi connectivity index (χ3v) is 5.49. The van der Waals surface area contributed by atoms with E-state index < -0.39 is 0 Å². The molecule has 4 rings (SSSR count). The third-order valence-electron chi connectivity index (χ3n) is 5.49. The number of aromatic nitrogens is 1. The van der Waals surface area contributed by atoms with Crippen molar-refractivity contribution in [3.8, 4) is 11.5 Å². The quantitative estimate of drug-likeness (QED) is 0.853. The van der Waals surface area contributed by atoms with Crippen LogP contribution in [-0.4, -0.2) is 42.9 Å². The van der Waals surface area contributed by atoms with Gasteiger partial charge in [-0.25, -0.2) is 0 Å². The summed E-state index contributed by atoms with van der Waals surface area (Å²) >= 11 is 0. The normalized spacial score (nSPS) is 18.6. The van der Waals surface area contributed by atoms with Crippen molar-refractivity contribution < 1.29 is 9.47 Å². The summed E-state index contributed by atoms with van der Waals surface area (Å²) in [6.45, 7) is 4.69. The molecule has 25 heavy (non-hydrogen) atoms. The average molecular weight is 339 g/mol. The van der Waals surface area contributed by atoms with Crippen LogP contribution in [0.1, 0.15) is 31.5 Å². The predicted molar refractivity (Wildman–Crippen MR) is 98.2 cm³/mol. The molecule has 0 N–H and O–H groups in total. The maximum Gasteiger partial charge on any atom is 0.231 e. The smallest absolute Gasteiger partial charge is 0.231 e. The van der Waals surface area contributed by atoms with Crippen molar-refractivity contribution >= 4 is 5.69 Å². The SMILES string of the molecule is CC(c1ccccn1)N(C)C1CCN(c2ccc3c(c2)OCO3)CC1. The van der Waals surface area contributed by atoms with Crippen molar-refractivity contribution in [2.24, 2.45) is 0 Å². The number of hydrogen-bond acceptors (Lipinski definition) is 5. The van der Waals surface area contributed by atoms with E-state index in [0.717, 1.165) is 43.1 Å². The van der Waals surface area contributed by atoms with E-state index in [2.05, 4.69) is 53.0 Å². The molecule has 1 fully saturated rings. The molecule has 2 aliphatic rings. The average Bonchev–Trinajstić information content (AvgIpc) is 3.15. The second kappa shape index (κ2) is 6.92. The molecule has 5 nitrogen and oxygen atoms in total. The van der Waals surface area contributed by atoms with Crippen molar-refractivity contribution in [3.63, 3.8) is 0 Å². The standard InChI is InChI=1S/C20H25N3O2/c1-15(18-5-3-4-10-21-18)22(2)16-8-11-23(12-9-16)17-6-7-19-20(13-17)25-14-24-19/h3-7,10,13,15-16H,8-9,11-12,14H2,1-2H3. The van der Waals surface area contributed by atoms with Crippen LogP contribution in [0.5, 0.6) is 11.5 Å². The van der Waals surface area contributed by atoms with Crippen molar-refractivity contribution in [3.05, 3.63) is 48.3 Å². The molecule has 0 amide bonds. The maximum absolute atomic E-state index is 5.51. The van der Waals surface area contributed by atoms with Crippen LogP contribution in [0.25, 0.3) is 0 Å². The van der Waals surface area contributed by atoms with Crippen LogP contribution in [0, 0.1) is 0 Å². The van der Waals surface area contributed by atoms with Crippen LogP contribution in [0.15, 0.2) is 42.6 Å². The summed E-state index contributed by atoms with van der Waals surface area (Å²) in [4.78, 5) is 9.43. The number of hydrogen-bond donors (Lipinski definition) is 0. The molecule has 0 spiro atoms. The van der Waals surface area contributed by atoms with E-state index in [1.54, 1.807) is 0 Å². The van der Waals surface area contributed by atoms with Crippen LogP contribution in [0.4, 0.5) is 5.69 Å². The number of piperidine rings is 1. The molecule has 0 radical (unpaired) electrons. The van der Waals surface area contributed by atoms with Crippen molar-refractivity contribution in [1.29, 1.82) is 0 Å². The molecule has 1 aromatic carbocycles. The van der Waals surface area contributed by atoms with Gasteiger partial charge in [0.25, 0.3) is 0 Å². The van der Waals surface area contributed by atoms with Gasteiger partial charge >= 0.3 is 0 Å². The zero-order valence-corrected chi connectivity index (χ0v) is 14.9. The van der Waals surface area contributed by atoms with Gasteiger partial charge in [-0.3, -0.25) is 9.88 Å². The number of rotatable bonds is 4. The van der Waals surface area contributed by atoms with E-state index in [1.165, 1.54) is 5.69 Å². The molecule has 5 heteroatoms. The minimum atomic E-state index is 0.330. The Hall–Kier alpha value is -2.27. The van der Waals surface area contributed by atoms with E-state index in [-0.39, 0.29) is 0 Å². The van der Waals surface area contributed by atoms with Crippen LogP contribution in [0.2, 0.25) is 0 Å². The van der Waals surface area contributed by atoms with Gasteiger partial charge in [0.15, 0.2) is 11.5 Å². The number of ether oxygens (including phenoxy) is 2. The fourth-order valence-electron chi connectivity index (χ4n) is 3.76. The molecule has 1 aromatic heterocycles. The van der Waals surface area contributed by atoms with Gasteiger partial charge in [-0.15, -0.1) is 0 Å². The molecule has 1 unspecified atom stereocenters. The Morgan fingerprint density at radius 3 is 2.68 bits per heavy atom. The first-order valence-electron chi connectivity index (χ1n) is 9.00. The number of fused-ring (bicyclic) bond motifs is 1. The topological polar surface area (TPSA) is 37.8 Å². The molecule has 2 aromatic rings.